The monoisotopic (exact) mass is 546 g/mol. The summed E-state index contributed by atoms with van der Waals surface area (Å²) in [6.45, 7) is -0.733. The summed E-state index contributed by atoms with van der Waals surface area (Å²) < 4.78 is 68.3. The zero-order chi connectivity index (χ0) is 27.3. The Kier molecular flexibility index (Phi) is 6.70. The zero-order valence-corrected chi connectivity index (χ0v) is 19.7. The third-order valence-corrected chi connectivity index (χ3v) is 7.77. The van der Waals surface area contributed by atoms with E-state index >= 15 is 0 Å². The molecule has 0 aliphatic carbocycles. The Labute approximate surface area is 193 Å². The Hall–Kier alpha value is -1.60. The molecule has 3 unspecified atom stereocenters. The van der Waals surface area contributed by atoms with Gasteiger partial charge in [-0.2, -0.15) is 8.62 Å². The van der Waals surface area contributed by atoms with E-state index in [4.69, 9.17) is 17.3 Å². The number of fused-ring (bicyclic) bond motifs is 1. The zero-order valence-electron chi connectivity index (χ0n) is 19.1. The number of ether oxygens (including phenoxy) is 1. The van der Waals surface area contributed by atoms with Crippen LogP contribution in [0.5, 0.6) is 0 Å². The SMILES string of the molecule is [2H]C([2H])(OP(=O)(O)OP(=O)(O)OP(=O)(O)O)[C@H]1O[C@@H](n2cnc3cnc(C)nc32)C(O)(C#CC)[C@H]1O. The molecular formula is C14H19N4O13P3. The van der Waals surface area contributed by atoms with Gasteiger partial charge < -0.3 is 34.5 Å². The number of nitrogens with zero attached hydrogens (tertiary/aromatic N) is 4. The fourth-order valence-electron chi connectivity index (χ4n) is 2.90. The predicted octanol–water partition coefficient (Wildman–Crippen LogP) is -0.509. The van der Waals surface area contributed by atoms with Crippen molar-refractivity contribution in [3.8, 4) is 11.8 Å². The van der Waals surface area contributed by atoms with Gasteiger partial charge in [0.1, 0.15) is 23.5 Å². The van der Waals surface area contributed by atoms with E-state index in [0.717, 1.165) is 10.9 Å². The summed E-state index contributed by atoms with van der Waals surface area (Å²) in [7, 11) is -17.6. The van der Waals surface area contributed by atoms with E-state index in [-0.39, 0.29) is 17.0 Å². The van der Waals surface area contributed by atoms with Crippen LogP contribution in [0.2, 0.25) is 0 Å². The van der Waals surface area contributed by atoms with Crippen LogP contribution in [0.1, 0.15) is 21.7 Å². The first-order valence-electron chi connectivity index (χ1n) is 9.81. The number of aromatic nitrogens is 4. The van der Waals surface area contributed by atoms with E-state index in [2.05, 4.69) is 39.9 Å². The molecule has 0 aromatic carbocycles. The predicted molar refractivity (Wildman–Crippen MR) is 108 cm³/mol. The summed E-state index contributed by atoms with van der Waals surface area (Å²) >= 11 is 0. The van der Waals surface area contributed by atoms with Crippen LogP contribution in [-0.2, 0) is 31.6 Å². The van der Waals surface area contributed by atoms with Crippen LogP contribution in [0.25, 0.3) is 11.2 Å². The molecule has 0 bridgehead atoms. The Morgan fingerprint density at radius 1 is 1.24 bits per heavy atom. The second kappa shape index (κ2) is 9.45. The summed E-state index contributed by atoms with van der Waals surface area (Å²) in [6.07, 6.45) is -3.84. The standard InChI is InChI=1S/C14H19N4O13P3/c1-3-4-14(20)11(19)10(6-28-33(24,25)31-34(26,27)30-32(21,22)23)29-13(14)18-7-16-9-5-15-8(2)17-12(9)18/h5,7,10-11,13,19-20H,6H2,1-2H3,(H,24,25)(H,26,27)(H2,21,22,23)/t10-,11+,13-,14?/m1/s1/i6D2. The molecule has 0 amide bonds. The average Bonchev–Trinajstić information content (AvgIpc) is 3.17. The van der Waals surface area contributed by atoms with Gasteiger partial charge in [0.15, 0.2) is 17.5 Å². The van der Waals surface area contributed by atoms with Crippen molar-refractivity contribution in [2.75, 3.05) is 6.56 Å². The Morgan fingerprint density at radius 3 is 2.53 bits per heavy atom. The highest BCUT2D eigenvalue weighted by Crippen LogP contribution is 2.66. The van der Waals surface area contributed by atoms with Gasteiger partial charge in [-0.1, -0.05) is 5.92 Å². The minimum Gasteiger partial charge on any atom is -0.386 e. The van der Waals surface area contributed by atoms with Crippen molar-refractivity contribution in [2.24, 2.45) is 0 Å². The number of phosphoric ester groups is 1. The van der Waals surface area contributed by atoms with Crippen LogP contribution in [0.15, 0.2) is 12.5 Å². The second-order valence-electron chi connectivity index (χ2n) is 6.63. The molecule has 2 aromatic heterocycles. The van der Waals surface area contributed by atoms with Gasteiger partial charge in [-0.15, -0.1) is 5.92 Å². The molecule has 6 N–H and O–H groups in total. The molecule has 1 aliphatic rings. The Balaban J connectivity index is 1.95. The lowest BCUT2D eigenvalue weighted by Gasteiger charge is -2.26. The number of imidazole rings is 1. The minimum absolute atomic E-state index is 0.0881. The molecule has 0 spiro atoms. The molecule has 3 rings (SSSR count). The Bertz CT molecular complexity index is 1370. The fraction of sp³-hybridized carbons (Fsp3) is 0.500. The largest absolute Gasteiger partial charge is 0.490 e. The van der Waals surface area contributed by atoms with Crippen molar-refractivity contribution in [1.82, 2.24) is 19.5 Å². The van der Waals surface area contributed by atoms with Crippen LogP contribution < -0.4 is 0 Å². The molecule has 0 radical (unpaired) electrons. The smallest absolute Gasteiger partial charge is 0.386 e. The number of hydrogen-bond donors (Lipinski definition) is 6. The van der Waals surface area contributed by atoms with Gasteiger partial charge in [-0.05, 0) is 13.8 Å². The summed E-state index contributed by atoms with van der Waals surface area (Å²) in [5.74, 6) is 4.91. The molecular weight excluding hydrogens is 525 g/mol. The number of aliphatic hydroxyl groups excluding tert-OH is 1. The van der Waals surface area contributed by atoms with Gasteiger partial charge in [0.2, 0.25) is 0 Å². The third-order valence-electron chi connectivity index (χ3n) is 4.10. The number of aryl methyl sites for hydroxylation is 1. The van der Waals surface area contributed by atoms with Gasteiger partial charge in [0, 0.05) is 0 Å². The first-order chi connectivity index (χ1) is 16.3. The lowest BCUT2D eigenvalue weighted by molar-refractivity contribution is -0.0718. The molecule has 17 nitrogen and oxygen atoms in total. The molecule has 1 aliphatic heterocycles. The van der Waals surface area contributed by atoms with Gasteiger partial charge in [-0.3, -0.25) is 9.09 Å². The van der Waals surface area contributed by atoms with Crippen molar-refractivity contribution < 1.29 is 64.1 Å². The van der Waals surface area contributed by atoms with Gasteiger partial charge in [0.25, 0.3) is 0 Å². The number of rotatable bonds is 8. The van der Waals surface area contributed by atoms with Crippen molar-refractivity contribution >= 4 is 34.6 Å². The van der Waals surface area contributed by atoms with E-state index in [9.17, 15) is 33.7 Å². The maximum absolute atomic E-state index is 12.2. The molecule has 20 heteroatoms. The molecule has 2 aromatic rings. The second-order valence-corrected chi connectivity index (χ2v) is 11.0. The number of phosphoric acid groups is 3. The van der Waals surface area contributed by atoms with Crippen molar-refractivity contribution in [1.29, 1.82) is 0 Å². The summed E-state index contributed by atoms with van der Waals surface area (Å²) in [6, 6.07) is 0. The first kappa shape index (κ1) is 24.1. The maximum Gasteiger partial charge on any atom is 0.490 e. The topological polar surface area (TPSA) is 253 Å². The molecule has 1 saturated heterocycles. The quantitative estimate of drug-likeness (QED) is 0.180. The van der Waals surface area contributed by atoms with E-state index in [0.29, 0.717) is 0 Å². The molecule has 0 saturated carbocycles. The van der Waals surface area contributed by atoms with E-state index in [1.165, 1.54) is 13.1 Å². The highest BCUT2D eigenvalue weighted by atomic mass is 31.3. The molecule has 1 fully saturated rings. The lowest BCUT2D eigenvalue weighted by atomic mass is 9.94. The van der Waals surface area contributed by atoms with Crippen LogP contribution >= 0.6 is 23.5 Å². The van der Waals surface area contributed by atoms with Crippen LogP contribution in [0.3, 0.4) is 0 Å². The van der Waals surface area contributed by atoms with E-state index in [1.807, 2.05) is 0 Å². The highest BCUT2D eigenvalue weighted by Gasteiger charge is 2.56. The Morgan fingerprint density at radius 2 is 1.91 bits per heavy atom. The number of aliphatic hydroxyl groups is 2. The summed E-state index contributed by atoms with van der Waals surface area (Å²) in [5, 5.41) is 21.9. The maximum atomic E-state index is 12.2. The van der Waals surface area contributed by atoms with Crippen LogP contribution in [0, 0.1) is 18.8 Å². The van der Waals surface area contributed by atoms with Crippen LogP contribution in [0.4, 0.5) is 0 Å². The third kappa shape index (κ3) is 5.96. The molecule has 6 atom stereocenters. The van der Waals surface area contributed by atoms with E-state index < -0.39 is 54.1 Å². The normalized spacial score (nSPS) is 30.1. The molecule has 188 valence electrons. The fourth-order valence-corrected chi connectivity index (χ4v) is 5.77. The highest BCUT2D eigenvalue weighted by molar-refractivity contribution is 7.66. The van der Waals surface area contributed by atoms with Crippen LogP contribution in [-0.4, -0.2) is 73.7 Å². The lowest BCUT2D eigenvalue weighted by Crippen LogP contribution is -2.46. The average molecular weight is 546 g/mol. The van der Waals surface area contributed by atoms with Gasteiger partial charge in [-0.25, -0.2) is 28.6 Å². The number of hydrogen-bond acceptors (Lipinski definition) is 12. The minimum atomic E-state index is -5.99. The van der Waals surface area contributed by atoms with Crippen molar-refractivity contribution in [3.63, 3.8) is 0 Å². The summed E-state index contributed by atoms with van der Waals surface area (Å²) in [4.78, 5) is 48.3. The first-order valence-corrected chi connectivity index (χ1v) is 13.3. The van der Waals surface area contributed by atoms with Gasteiger partial charge >= 0.3 is 23.5 Å². The molecule has 3 heterocycles. The van der Waals surface area contributed by atoms with Crippen molar-refractivity contribution in [3.05, 3.63) is 18.3 Å². The van der Waals surface area contributed by atoms with Crippen molar-refractivity contribution in [2.45, 2.75) is 37.9 Å². The summed E-state index contributed by atoms with van der Waals surface area (Å²) in [5.41, 5.74) is -2.26. The van der Waals surface area contributed by atoms with E-state index in [1.54, 1.807) is 6.92 Å². The molecule has 34 heavy (non-hydrogen) atoms. The van der Waals surface area contributed by atoms with Gasteiger partial charge in [0.05, 0.1) is 21.8 Å².